The Hall–Kier alpha value is -0.260. The van der Waals surface area contributed by atoms with Crippen LogP contribution in [0.3, 0.4) is 0 Å². The molecule has 0 radical (unpaired) electrons. The zero-order valence-corrected chi connectivity index (χ0v) is 12.7. The van der Waals surface area contributed by atoms with E-state index in [1.807, 2.05) is 11.8 Å². The van der Waals surface area contributed by atoms with Gasteiger partial charge < -0.3 is 10.1 Å². The second-order valence-electron chi connectivity index (χ2n) is 5.85. The first kappa shape index (κ1) is 13.7. The minimum Gasteiger partial charge on any atom is -0.381 e. The smallest absolute Gasteiger partial charge is 0.157 e. The molecule has 3 fully saturated rings. The van der Waals surface area contributed by atoms with Gasteiger partial charge >= 0.3 is 0 Å². The van der Waals surface area contributed by atoms with Crippen molar-refractivity contribution < 1.29 is 4.74 Å². The van der Waals surface area contributed by atoms with Crippen LogP contribution in [0.2, 0.25) is 0 Å². The van der Waals surface area contributed by atoms with Gasteiger partial charge in [-0.1, -0.05) is 18.7 Å². The first-order valence-corrected chi connectivity index (χ1v) is 8.57. The molecular formula is C14H25N3OS. The quantitative estimate of drug-likeness (QED) is 0.833. The SMILES string of the molecule is CCN(CCN=C1NC2(CCOCC2)CS1)C1CC1. The third-order valence-corrected chi connectivity index (χ3v) is 5.62. The number of hydrogen-bond donors (Lipinski definition) is 1. The molecule has 1 N–H and O–H groups in total. The molecule has 108 valence electrons. The number of ether oxygens (including phenoxy) is 1. The van der Waals surface area contributed by atoms with Crippen LogP contribution in [-0.2, 0) is 4.74 Å². The van der Waals surface area contributed by atoms with Gasteiger partial charge in [-0.15, -0.1) is 0 Å². The highest BCUT2D eigenvalue weighted by atomic mass is 32.2. The highest BCUT2D eigenvalue weighted by Gasteiger charge is 2.38. The first-order valence-electron chi connectivity index (χ1n) is 7.58. The molecule has 5 heteroatoms. The summed E-state index contributed by atoms with van der Waals surface area (Å²) < 4.78 is 5.46. The van der Waals surface area contributed by atoms with E-state index >= 15 is 0 Å². The minimum absolute atomic E-state index is 0.280. The molecule has 0 aromatic carbocycles. The predicted octanol–water partition coefficient (Wildman–Crippen LogP) is 1.71. The fraction of sp³-hybridized carbons (Fsp3) is 0.929. The molecule has 2 heterocycles. The first-order chi connectivity index (χ1) is 9.31. The van der Waals surface area contributed by atoms with Crippen molar-refractivity contribution in [1.82, 2.24) is 10.2 Å². The molecule has 0 amide bonds. The van der Waals surface area contributed by atoms with Crippen LogP contribution >= 0.6 is 11.8 Å². The van der Waals surface area contributed by atoms with Crippen molar-refractivity contribution in [3.8, 4) is 0 Å². The van der Waals surface area contributed by atoms with Gasteiger partial charge in [-0.05, 0) is 32.2 Å². The summed E-state index contributed by atoms with van der Waals surface area (Å²) in [5.74, 6) is 1.16. The fourth-order valence-corrected chi connectivity index (χ4v) is 4.19. The van der Waals surface area contributed by atoms with E-state index in [0.29, 0.717) is 0 Å². The van der Waals surface area contributed by atoms with E-state index in [9.17, 15) is 0 Å². The molecule has 1 aliphatic carbocycles. The molecule has 4 nitrogen and oxygen atoms in total. The Bertz CT molecular complexity index is 338. The van der Waals surface area contributed by atoms with Crippen molar-refractivity contribution >= 4 is 16.9 Å². The largest absolute Gasteiger partial charge is 0.381 e. The number of amidine groups is 1. The molecule has 19 heavy (non-hydrogen) atoms. The maximum Gasteiger partial charge on any atom is 0.157 e. The van der Waals surface area contributed by atoms with Crippen LogP contribution in [0.15, 0.2) is 4.99 Å². The average molecular weight is 283 g/mol. The van der Waals surface area contributed by atoms with E-state index in [0.717, 1.165) is 62.7 Å². The van der Waals surface area contributed by atoms with Gasteiger partial charge in [0, 0.05) is 31.6 Å². The van der Waals surface area contributed by atoms with Crippen LogP contribution < -0.4 is 5.32 Å². The Labute approximate surface area is 120 Å². The number of nitrogens with one attached hydrogen (secondary N) is 1. The second-order valence-corrected chi connectivity index (χ2v) is 6.82. The highest BCUT2D eigenvalue weighted by molar-refractivity contribution is 8.14. The molecule has 0 aromatic rings. The van der Waals surface area contributed by atoms with Gasteiger partial charge in [0.1, 0.15) is 0 Å². The van der Waals surface area contributed by atoms with Gasteiger partial charge in [0.05, 0.1) is 12.1 Å². The van der Waals surface area contributed by atoms with Gasteiger partial charge in [0.15, 0.2) is 5.17 Å². The van der Waals surface area contributed by atoms with Crippen LogP contribution in [0, 0.1) is 0 Å². The number of nitrogens with zero attached hydrogens (tertiary/aromatic N) is 2. The van der Waals surface area contributed by atoms with Crippen molar-refractivity contribution in [2.24, 2.45) is 4.99 Å². The Morgan fingerprint density at radius 1 is 1.42 bits per heavy atom. The normalized spacial score (nSPS) is 28.2. The zero-order valence-electron chi connectivity index (χ0n) is 11.9. The summed E-state index contributed by atoms with van der Waals surface area (Å²) in [5, 5.41) is 4.82. The summed E-state index contributed by atoms with van der Waals surface area (Å²) in [6.07, 6.45) is 5.03. The van der Waals surface area contributed by atoms with Crippen molar-refractivity contribution in [1.29, 1.82) is 0 Å². The number of rotatable bonds is 5. The Kier molecular flexibility index (Phi) is 4.34. The molecule has 1 spiro atoms. The van der Waals surface area contributed by atoms with Crippen molar-refractivity contribution in [2.75, 3.05) is 38.6 Å². The molecule has 2 aliphatic heterocycles. The van der Waals surface area contributed by atoms with Gasteiger partial charge in [-0.3, -0.25) is 9.89 Å². The van der Waals surface area contributed by atoms with Gasteiger partial charge in [-0.2, -0.15) is 0 Å². The molecule has 3 rings (SSSR count). The Balaban J connectivity index is 1.45. The third kappa shape index (κ3) is 3.44. The van der Waals surface area contributed by atoms with E-state index < -0.39 is 0 Å². The number of hydrogen-bond acceptors (Lipinski definition) is 4. The highest BCUT2D eigenvalue weighted by Crippen LogP contribution is 2.31. The van der Waals surface area contributed by atoms with Crippen LogP contribution in [-0.4, -0.2) is 60.2 Å². The van der Waals surface area contributed by atoms with Crippen LogP contribution in [0.5, 0.6) is 0 Å². The van der Waals surface area contributed by atoms with Crippen molar-refractivity contribution in [2.45, 2.75) is 44.2 Å². The summed E-state index contributed by atoms with van der Waals surface area (Å²) in [6, 6.07) is 0.858. The molecule has 2 saturated heterocycles. The summed E-state index contributed by atoms with van der Waals surface area (Å²) in [5.41, 5.74) is 0.280. The summed E-state index contributed by atoms with van der Waals surface area (Å²) in [7, 11) is 0. The molecule has 0 aromatic heterocycles. The van der Waals surface area contributed by atoms with Crippen LogP contribution in [0.1, 0.15) is 32.6 Å². The summed E-state index contributed by atoms with van der Waals surface area (Å²) >= 11 is 1.90. The fourth-order valence-electron chi connectivity index (χ4n) is 2.94. The topological polar surface area (TPSA) is 36.9 Å². The molecule has 0 atom stereocenters. The second kappa shape index (κ2) is 6.02. The predicted molar refractivity (Wildman–Crippen MR) is 80.9 cm³/mol. The Morgan fingerprint density at radius 3 is 2.89 bits per heavy atom. The molecular weight excluding hydrogens is 258 g/mol. The lowest BCUT2D eigenvalue weighted by Crippen LogP contribution is -2.48. The molecule has 1 saturated carbocycles. The van der Waals surface area contributed by atoms with E-state index in [2.05, 4.69) is 17.1 Å². The molecule has 0 bridgehead atoms. The van der Waals surface area contributed by atoms with Crippen LogP contribution in [0.25, 0.3) is 0 Å². The average Bonchev–Trinajstić information content (AvgIpc) is 3.20. The third-order valence-electron chi connectivity index (χ3n) is 4.42. The summed E-state index contributed by atoms with van der Waals surface area (Å²) in [6.45, 7) is 7.26. The standard InChI is InChI=1S/C14H25N3OS/c1-2-17(12-3-4-12)8-7-15-13-16-14(11-19-13)5-9-18-10-6-14/h12H,2-11H2,1H3,(H,15,16). The maximum absolute atomic E-state index is 5.46. The lowest BCUT2D eigenvalue weighted by Gasteiger charge is -2.32. The lowest BCUT2D eigenvalue weighted by atomic mass is 9.93. The Morgan fingerprint density at radius 2 is 2.21 bits per heavy atom. The van der Waals surface area contributed by atoms with Gasteiger partial charge in [0.25, 0.3) is 0 Å². The van der Waals surface area contributed by atoms with E-state index in [1.54, 1.807) is 0 Å². The van der Waals surface area contributed by atoms with Crippen molar-refractivity contribution in [3.63, 3.8) is 0 Å². The van der Waals surface area contributed by atoms with E-state index in [-0.39, 0.29) is 5.54 Å². The van der Waals surface area contributed by atoms with E-state index in [4.69, 9.17) is 9.73 Å². The summed E-state index contributed by atoms with van der Waals surface area (Å²) in [4.78, 5) is 7.32. The number of likely N-dealkylation sites (N-methyl/N-ethyl adjacent to an activating group) is 1. The zero-order chi connectivity index (χ0) is 13.1. The van der Waals surface area contributed by atoms with E-state index in [1.165, 1.54) is 12.8 Å². The van der Waals surface area contributed by atoms with Gasteiger partial charge in [-0.25, -0.2) is 0 Å². The van der Waals surface area contributed by atoms with Gasteiger partial charge in [0.2, 0.25) is 0 Å². The molecule has 0 unspecified atom stereocenters. The van der Waals surface area contributed by atoms with Crippen molar-refractivity contribution in [3.05, 3.63) is 0 Å². The maximum atomic E-state index is 5.46. The molecule has 3 aliphatic rings. The van der Waals surface area contributed by atoms with Crippen LogP contribution in [0.4, 0.5) is 0 Å². The minimum atomic E-state index is 0.280. The monoisotopic (exact) mass is 283 g/mol. The lowest BCUT2D eigenvalue weighted by molar-refractivity contribution is 0.0555. The number of aliphatic imine (C=N–C) groups is 1. The number of thioether (sulfide) groups is 1.